The first-order valence-corrected chi connectivity index (χ1v) is 8.42. The van der Waals surface area contributed by atoms with Gasteiger partial charge in [0, 0.05) is 30.1 Å². The average molecular weight is 336 g/mol. The van der Waals surface area contributed by atoms with Gasteiger partial charge in [-0.1, -0.05) is 0 Å². The summed E-state index contributed by atoms with van der Waals surface area (Å²) in [6, 6.07) is 11.3. The summed E-state index contributed by atoms with van der Waals surface area (Å²) < 4.78 is 5.21. The van der Waals surface area contributed by atoms with E-state index in [1.165, 1.54) is 12.8 Å². The summed E-state index contributed by atoms with van der Waals surface area (Å²) in [6.45, 7) is 2.11. The van der Waals surface area contributed by atoms with Gasteiger partial charge in [-0.05, 0) is 43.2 Å². The first kappa shape index (κ1) is 15.5. The smallest absolute Gasteiger partial charge is 0.272 e. The first-order valence-electron chi connectivity index (χ1n) is 8.42. The number of benzene rings is 1. The topological polar surface area (TPSA) is 70.2 Å². The van der Waals surface area contributed by atoms with E-state index in [4.69, 9.17) is 4.74 Å². The van der Waals surface area contributed by atoms with Gasteiger partial charge in [0.2, 0.25) is 0 Å². The van der Waals surface area contributed by atoms with Crippen LogP contribution in [-0.4, -0.2) is 36.1 Å². The molecule has 1 saturated heterocycles. The summed E-state index contributed by atoms with van der Waals surface area (Å²) in [7, 11) is 1.62. The van der Waals surface area contributed by atoms with Crippen LogP contribution in [0.2, 0.25) is 0 Å². The maximum Gasteiger partial charge on any atom is 0.272 e. The Bertz CT molecular complexity index is 895. The van der Waals surface area contributed by atoms with Gasteiger partial charge in [-0.3, -0.25) is 4.79 Å². The number of aromatic nitrogens is 2. The number of aromatic amines is 1. The van der Waals surface area contributed by atoms with Crippen molar-refractivity contribution >= 4 is 28.3 Å². The number of carbonyl (C=O) groups excluding carboxylic acids is 1. The molecule has 6 nitrogen and oxygen atoms in total. The third-order valence-corrected chi connectivity index (χ3v) is 4.51. The molecule has 0 spiro atoms. The minimum atomic E-state index is -0.189. The Labute approximate surface area is 145 Å². The lowest BCUT2D eigenvalue weighted by molar-refractivity contribution is 0.102. The number of ether oxygens (including phenoxy) is 1. The van der Waals surface area contributed by atoms with Crippen molar-refractivity contribution in [2.45, 2.75) is 12.8 Å². The number of H-pyrrole nitrogens is 1. The summed E-state index contributed by atoms with van der Waals surface area (Å²) in [4.78, 5) is 22.3. The van der Waals surface area contributed by atoms with E-state index in [0.717, 1.165) is 35.6 Å². The molecule has 0 radical (unpaired) electrons. The lowest BCUT2D eigenvalue weighted by atomic mass is 10.2. The van der Waals surface area contributed by atoms with Crippen LogP contribution in [0.15, 0.2) is 42.6 Å². The number of methoxy groups -OCH3 is 1. The van der Waals surface area contributed by atoms with Crippen molar-refractivity contribution in [3.8, 4) is 5.75 Å². The molecule has 1 amide bonds. The fraction of sp³-hybridized carbons (Fsp3) is 0.263. The predicted octanol–water partition coefficient (Wildman–Crippen LogP) is 3.42. The quantitative estimate of drug-likeness (QED) is 0.766. The van der Waals surface area contributed by atoms with Gasteiger partial charge < -0.3 is 19.9 Å². The minimum absolute atomic E-state index is 0.189. The zero-order valence-electron chi connectivity index (χ0n) is 14.1. The highest BCUT2D eigenvalue weighted by Crippen LogP contribution is 2.22. The molecule has 1 fully saturated rings. The summed E-state index contributed by atoms with van der Waals surface area (Å²) in [6.07, 6.45) is 4.13. The van der Waals surface area contributed by atoms with Gasteiger partial charge in [-0.2, -0.15) is 0 Å². The molecule has 4 rings (SSSR count). The van der Waals surface area contributed by atoms with Crippen LogP contribution in [0.4, 0.5) is 11.5 Å². The highest BCUT2D eigenvalue weighted by atomic mass is 16.5. The largest absolute Gasteiger partial charge is 0.497 e. The Morgan fingerprint density at radius 1 is 1.20 bits per heavy atom. The van der Waals surface area contributed by atoms with Crippen LogP contribution in [0.1, 0.15) is 23.3 Å². The molecule has 2 N–H and O–H groups in total. The third-order valence-electron chi connectivity index (χ3n) is 4.51. The van der Waals surface area contributed by atoms with Crippen molar-refractivity contribution in [3.05, 3.63) is 48.3 Å². The fourth-order valence-corrected chi connectivity index (χ4v) is 3.15. The van der Waals surface area contributed by atoms with Crippen molar-refractivity contribution in [2.75, 3.05) is 30.4 Å². The summed E-state index contributed by atoms with van der Waals surface area (Å²) in [5.74, 6) is 1.53. The van der Waals surface area contributed by atoms with Crippen LogP contribution in [0.25, 0.3) is 10.9 Å². The van der Waals surface area contributed by atoms with E-state index in [1.807, 2.05) is 36.4 Å². The number of hydrogen-bond donors (Lipinski definition) is 2. The number of rotatable bonds is 4. The number of carbonyl (C=O) groups is 1. The van der Waals surface area contributed by atoms with Gasteiger partial charge in [0.25, 0.3) is 5.91 Å². The van der Waals surface area contributed by atoms with Gasteiger partial charge in [-0.25, -0.2) is 4.98 Å². The number of nitrogens with zero attached hydrogens (tertiary/aromatic N) is 2. The van der Waals surface area contributed by atoms with E-state index >= 15 is 0 Å². The molecule has 1 aliphatic heterocycles. The number of fused-ring (bicyclic) bond motifs is 1. The van der Waals surface area contributed by atoms with Crippen LogP contribution in [0.3, 0.4) is 0 Å². The molecular formula is C19H20N4O2. The van der Waals surface area contributed by atoms with E-state index in [0.29, 0.717) is 11.4 Å². The van der Waals surface area contributed by atoms with Gasteiger partial charge in [0.05, 0.1) is 19.0 Å². The Hall–Kier alpha value is -3.02. The molecule has 3 aromatic rings. The van der Waals surface area contributed by atoms with E-state index < -0.39 is 0 Å². The molecule has 0 atom stereocenters. The van der Waals surface area contributed by atoms with Crippen LogP contribution in [-0.2, 0) is 0 Å². The van der Waals surface area contributed by atoms with Crippen LogP contribution in [0.5, 0.6) is 5.75 Å². The van der Waals surface area contributed by atoms with E-state index in [-0.39, 0.29) is 5.91 Å². The summed E-state index contributed by atoms with van der Waals surface area (Å²) in [5.41, 5.74) is 2.06. The number of nitrogens with one attached hydrogen (secondary N) is 2. The monoisotopic (exact) mass is 336 g/mol. The molecule has 1 aliphatic rings. The van der Waals surface area contributed by atoms with E-state index in [1.54, 1.807) is 13.3 Å². The minimum Gasteiger partial charge on any atom is -0.497 e. The van der Waals surface area contributed by atoms with Crippen molar-refractivity contribution in [1.29, 1.82) is 0 Å². The second-order valence-electron chi connectivity index (χ2n) is 6.19. The zero-order valence-corrected chi connectivity index (χ0v) is 14.1. The summed E-state index contributed by atoms with van der Waals surface area (Å²) in [5, 5.41) is 3.85. The van der Waals surface area contributed by atoms with Gasteiger partial charge >= 0.3 is 0 Å². The Balaban J connectivity index is 1.49. The van der Waals surface area contributed by atoms with E-state index in [2.05, 4.69) is 20.2 Å². The van der Waals surface area contributed by atoms with Gasteiger partial charge in [0.15, 0.2) is 0 Å². The van der Waals surface area contributed by atoms with Gasteiger partial charge in [-0.15, -0.1) is 0 Å². The number of amides is 1. The van der Waals surface area contributed by atoms with Crippen molar-refractivity contribution in [3.63, 3.8) is 0 Å². The SMILES string of the molecule is COc1ccc2cc(C(=O)Nc3ccc(N4CCCC4)nc3)[nH]c2c1. The maximum atomic E-state index is 12.5. The Morgan fingerprint density at radius 3 is 2.76 bits per heavy atom. The second-order valence-corrected chi connectivity index (χ2v) is 6.19. The molecule has 0 bridgehead atoms. The molecule has 25 heavy (non-hydrogen) atoms. The molecule has 0 saturated carbocycles. The fourth-order valence-electron chi connectivity index (χ4n) is 3.15. The number of anilines is 2. The van der Waals surface area contributed by atoms with Crippen molar-refractivity contribution < 1.29 is 9.53 Å². The van der Waals surface area contributed by atoms with Gasteiger partial charge in [0.1, 0.15) is 17.3 Å². The average Bonchev–Trinajstić information content (AvgIpc) is 3.31. The van der Waals surface area contributed by atoms with Crippen LogP contribution >= 0.6 is 0 Å². The lowest BCUT2D eigenvalue weighted by Crippen LogP contribution is -2.19. The van der Waals surface area contributed by atoms with E-state index in [9.17, 15) is 4.79 Å². The standard InChI is InChI=1S/C19H20N4O2/c1-25-15-6-4-13-10-17(22-16(13)11-15)19(24)21-14-5-7-18(20-12-14)23-8-2-3-9-23/h4-7,10-12,22H,2-3,8-9H2,1H3,(H,21,24). The molecule has 6 heteroatoms. The van der Waals surface area contributed by atoms with Crippen molar-refractivity contribution in [2.24, 2.45) is 0 Å². The van der Waals surface area contributed by atoms with Crippen LogP contribution in [0, 0.1) is 0 Å². The van der Waals surface area contributed by atoms with Crippen LogP contribution < -0.4 is 15.0 Å². The Morgan fingerprint density at radius 2 is 2.04 bits per heavy atom. The molecule has 128 valence electrons. The third kappa shape index (κ3) is 3.15. The highest BCUT2D eigenvalue weighted by molar-refractivity contribution is 6.06. The molecule has 0 aliphatic carbocycles. The molecule has 3 heterocycles. The molecule has 0 unspecified atom stereocenters. The Kier molecular flexibility index (Phi) is 4.01. The molecule has 1 aromatic carbocycles. The summed E-state index contributed by atoms with van der Waals surface area (Å²) >= 11 is 0. The highest BCUT2D eigenvalue weighted by Gasteiger charge is 2.14. The maximum absolute atomic E-state index is 12.5. The number of pyridine rings is 1. The zero-order chi connectivity index (χ0) is 17.2. The normalized spacial score (nSPS) is 14.0. The van der Waals surface area contributed by atoms with Crippen molar-refractivity contribution in [1.82, 2.24) is 9.97 Å². The predicted molar refractivity (Wildman–Crippen MR) is 98.5 cm³/mol. The number of hydrogen-bond acceptors (Lipinski definition) is 4. The molecular weight excluding hydrogens is 316 g/mol. The molecule has 2 aromatic heterocycles. The lowest BCUT2D eigenvalue weighted by Gasteiger charge is -2.16. The second kappa shape index (κ2) is 6.47. The first-order chi connectivity index (χ1) is 12.2.